The molecular formula is C15H18FNO2S. The normalized spacial score (nSPS) is 15.8. The maximum Gasteiger partial charge on any atom is 0.323 e. The van der Waals surface area contributed by atoms with E-state index in [4.69, 9.17) is 5.73 Å². The lowest BCUT2D eigenvalue weighted by Gasteiger charge is -2.19. The van der Waals surface area contributed by atoms with Crippen molar-refractivity contribution in [1.82, 2.24) is 0 Å². The molecule has 0 saturated carbocycles. The fraction of sp³-hybridized carbons (Fsp3) is 0.400. The first-order valence-electron chi connectivity index (χ1n) is 6.50. The van der Waals surface area contributed by atoms with Crippen LogP contribution in [0.5, 0.6) is 0 Å². The third-order valence-corrected chi connectivity index (χ3v) is 4.42. The van der Waals surface area contributed by atoms with Gasteiger partial charge in [-0.15, -0.1) is 0 Å². The van der Waals surface area contributed by atoms with Crippen LogP contribution in [-0.2, 0) is 16.0 Å². The number of hydrogen-bond donors (Lipinski definition) is 1. The van der Waals surface area contributed by atoms with E-state index in [1.807, 2.05) is 24.3 Å². The minimum Gasteiger partial charge on any atom is -0.468 e. The van der Waals surface area contributed by atoms with Gasteiger partial charge in [0.2, 0.25) is 0 Å². The van der Waals surface area contributed by atoms with E-state index in [9.17, 15) is 9.18 Å². The zero-order chi connectivity index (χ0) is 14.5. The van der Waals surface area contributed by atoms with E-state index in [1.54, 1.807) is 0 Å². The number of halogens is 1. The minimum atomic E-state index is -0.660. The molecule has 1 atom stereocenters. The molecule has 0 saturated heterocycles. The smallest absolute Gasteiger partial charge is 0.323 e. The van der Waals surface area contributed by atoms with E-state index in [-0.39, 0.29) is 5.83 Å². The van der Waals surface area contributed by atoms with Gasteiger partial charge in [0, 0.05) is 23.5 Å². The second-order valence-electron chi connectivity index (χ2n) is 4.69. The molecule has 1 aromatic rings. The zero-order valence-corrected chi connectivity index (χ0v) is 12.2. The molecule has 1 aliphatic rings. The van der Waals surface area contributed by atoms with Crippen LogP contribution in [0.1, 0.15) is 17.5 Å². The van der Waals surface area contributed by atoms with Gasteiger partial charge >= 0.3 is 5.97 Å². The van der Waals surface area contributed by atoms with Crippen LogP contribution in [0.25, 0.3) is 5.57 Å². The maximum atomic E-state index is 14.0. The number of esters is 1. The van der Waals surface area contributed by atoms with Crippen molar-refractivity contribution < 1.29 is 13.9 Å². The number of aryl methyl sites for hydroxylation is 1. The van der Waals surface area contributed by atoms with Gasteiger partial charge in [-0.1, -0.05) is 24.3 Å². The number of hydrogen-bond acceptors (Lipinski definition) is 4. The first-order valence-corrected chi connectivity index (χ1v) is 7.66. The van der Waals surface area contributed by atoms with Gasteiger partial charge in [-0.05, 0) is 17.5 Å². The molecule has 2 rings (SSSR count). The highest BCUT2D eigenvalue weighted by molar-refractivity contribution is 7.99. The summed E-state index contributed by atoms with van der Waals surface area (Å²) < 4.78 is 18.6. The molecule has 0 aliphatic heterocycles. The number of nitrogens with two attached hydrogens (primary N) is 1. The molecule has 20 heavy (non-hydrogen) atoms. The fourth-order valence-electron chi connectivity index (χ4n) is 2.24. The highest BCUT2D eigenvalue weighted by atomic mass is 32.2. The van der Waals surface area contributed by atoms with Crippen molar-refractivity contribution in [2.24, 2.45) is 5.73 Å². The number of benzene rings is 1. The minimum absolute atomic E-state index is 0.0529. The van der Waals surface area contributed by atoms with Gasteiger partial charge < -0.3 is 10.5 Å². The lowest BCUT2D eigenvalue weighted by molar-refractivity contribution is -0.141. The molecule has 108 valence electrons. The highest BCUT2D eigenvalue weighted by Crippen LogP contribution is 2.34. The first-order chi connectivity index (χ1) is 9.63. The molecule has 0 fully saturated rings. The van der Waals surface area contributed by atoms with E-state index >= 15 is 0 Å². The SMILES string of the molecule is COC(=O)[C@@H](N)CSCC1=C(F)CCc2ccccc21. The molecule has 0 heterocycles. The Hall–Kier alpha value is -1.33. The van der Waals surface area contributed by atoms with Crippen LogP contribution in [0.4, 0.5) is 4.39 Å². The molecule has 0 radical (unpaired) electrons. The van der Waals surface area contributed by atoms with E-state index < -0.39 is 12.0 Å². The van der Waals surface area contributed by atoms with Crippen molar-refractivity contribution in [3.05, 3.63) is 41.2 Å². The molecular weight excluding hydrogens is 277 g/mol. The van der Waals surface area contributed by atoms with E-state index in [1.165, 1.54) is 24.4 Å². The van der Waals surface area contributed by atoms with Crippen molar-refractivity contribution >= 4 is 23.3 Å². The topological polar surface area (TPSA) is 52.3 Å². The lowest BCUT2D eigenvalue weighted by atomic mass is 9.91. The standard InChI is InChI=1S/C15H18FNO2S/c1-19-15(18)14(17)9-20-8-12-11-5-3-2-4-10(11)6-7-13(12)16/h2-5,14H,6-9,17H2,1H3/t14-/m0/s1. The summed E-state index contributed by atoms with van der Waals surface area (Å²) in [7, 11) is 1.31. The Morgan fingerprint density at radius 2 is 2.20 bits per heavy atom. The van der Waals surface area contributed by atoms with Gasteiger partial charge in [0.25, 0.3) is 0 Å². The number of fused-ring (bicyclic) bond motifs is 1. The predicted octanol–water partition coefficient (Wildman–Crippen LogP) is 2.55. The Labute approximate surface area is 122 Å². The third kappa shape index (κ3) is 3.41. The molecule has 2 N–H and O–H groups in total. The quantitative estimate of drug-likeness (QED) is 0.848. The van der Waals surface area contributed by atoms with Crippen molar-refractivity contribution in [2.75, 3.05) is 18.6 Å². The number of methoxy groups -OCH3 is 1. The average Bonchev–Trinajstić information content (AvgIpc) is 2.48. The number of ether oxygens (including phenoxy) is 1. The van der Waals surface area contributed by atoms with Crippen LogP contribution in [0.2, 0.25) is 0 Å². The number of carbonyl (C=O) groups excluding carboxylic acids is 1. The Kier molecular flexibility index (Phi) is 5.20. The maximum absolute atomic E-state index is 14.0. The van der Waals surface area contributed by atoms with Crippen LogP contribution < -0.4 is 5.73 Å². The van der Waals surface area contributed by atoms with Crippen LogP contribution in [0.15, 0.2) is 30.1 Å². The van der Waals surface area contributed by atoms with Crippen LogP contribution in [0, 0.1) is 0 Å². The lowest BCUT2D eigenvalue weighted by Crippen LogP contribution is -2.34. The largest absolute Gasteiger partial charge is 0.468 e. The molecule has 5 heteroatoms. The summed E-state index contributed by atoms with van der Waals surface area (Å²) in [5.74, 6) is 0.456. The summed E-state index contributed by atoms with van der Waals surface area (Å²) in [4.78, 5) is 11.2. The third-order valence-electron chi connectivity index (χ3n) is 3.33. The summed E-state index contributed by atoms with van der Waals surface area (Å²) in [5.41, 5.74) is 8.56. The van der Waals surface area contributed by atoms with E-state index in [0.29, 0.717) is 17.9 Å². The van der Waals surface area contributed by atoms with E-state index in [2.05, 4.69) is 4.74 Å². The Bertz CT molecular complexity index is 530. The molecule has 0 spiro atoms. The molecule has 1 aromatic carbocycles. The molecule has 3 nitrogen and oxygen atoms in total. The van der Waals surface area contributed by atoms with Gasteiger partial charge in [0.05, 0.1) is 7.11 Å². The number of thioether (sulfide) groups is 1. The Balaban J connectivity index is 2.00. The van der Waals surface area contributed by atoms with Crippen LogP contribution in [-0.4, -0.2) is 30.6 Å². The molecule has 0 aromatic heterocycles. The summed E-state index contributed by atoms with van der Waals surface area (Å²) in [6, 6.07) is 7.21. The zero-order valence-electron chi connectivity index (χ0n) is 11.4. The number of allylic oxidation sites excluding steroid dienone is 1. The first kappa shape index (κ1) is 15.1. The fourth-order valence-corrected chi connectivity index (χ4v) is 3.26. The summed E-state index contributed by atoms with van der Waals surface area (Å²) in [6.45, 7) is 0. The highest BCUT2D eigenvalue weighted by Gasteiger charge is 2.20. The Morgan fingerprint density at radius 3 is 2.95 bits per heavy atom. The molecule has 0 unspecified atom stereocenters. The van der Waals surface area contributed by atoms with Gasteiger partial charge in [-0.3, -0.25) is 4.79 Å². The van der Waals surface area contributed by atoms with Crippen LogP contribution >= 0.6 is 11.8 Å². The molecule has 1 aliphatic carbocycles. The van der Waals surface area contributed by atoms with Gasteiger partial charge in [-0.2, -0.15) is 11.8 Å². The second-order valence-corrected chi connectivity index (χ2v) is 5.72. The average molecular weight is 295 g/mol. The van der Waals surface area contributed by atoms with Crippen molar-refractivity contribution in [2.45, 2.75) is 18.9 Å². The van der Waals surface area contributed by atoms with Crippen LogP contribution in [0.3, 0.4) is 0 Å². The van der Waals surface area contributed by atoms with E-state index in [0.717, 1.165) is 17.6 Å². The number of rotatable bonds is 5. The van der Waals surface area contributed by atoms with Gasteiger partial charge in [0.1, 0.15) is 11.9 Å². The van der Waals surface area contributed by atoms with Crippen molar-refractivity contribution in [1.29, 1.82) is 0 Å². The summed E-state index contributed by atoms with van der Waals surface area (Å²) in [5, 5.41) is 0. The Morgan fingerprint density at radius 1 is 1.45 bits per heavy atom. The van der Waals surface area contributed by atoms with Gasteiger partial charge in [-0.25, -0.2) is 4.39 Å². The summed E-state index contributed by atoms with van der Waals surface area (Å²) >= 11 is 1.46. The number of carbonyl (C=O) groups is 1. The van der Waals surface area contributed by atoms with Gasteiger partial charge in [0.15, 0.2) is 0 Å². The molecule has 0 bridgehead atoms. The summed E-state index contributed by atoms with van der Waals surface area (Å²) in [6.07, 6.45) is 1.20. The monoisotopic (exact) mass is 295 g/mol. The second kappa shape index (κ2) is 6.90. The predicted molar refractivity (Wildman–Crippen MR) is 80.1 cm³/mol. The molecule has 0 amide bonds. The van der Waals surface area contributed by atoms with Crippen molar-refractivity contribution in [3.8, 4) is 0 Å². The van der Waals surface area contributed by atoms with Crippen molar-refractivity contribution in [3.63, 3.8) is 0 Å².